The third-order valence-electron chi connectivity index (χ3n) is 2.38. The Bertz CT molecular complexity index is 607. The molecule has 0 fully saturated rings. The predicted molar refractivity (Wildman–Crippen MR) is 91.7 cm³/mol. The Balaban J connectivity index is 0.000000922. The Morgan fingerprint density at radius 3 is 2.04 bits per heavy atom. The molecule has 0 aliphatic rings. The largest absolute Gasteiger partial charge is 0.490 e. The molecule has 0 atom stereocenters. The summed E-state index contributed by atoms with van der Waals surface area (Å²) in [6, 6.07) is 5.77. The van der Waals surface area contributed by atoms with Gasteiger partial charge in [-0.2, -0.15) is 8.42 Å². The quantitative estimate of drug-likeness (QED) is 0.306. The number of hydrogen-bond donors (Lipinski definition) is 4. The van der Waals surface area contributed by atoms with E-state index in [1.807, 2.05) is 18.2 Å². The lowest BCUT2D eigenvalue weighted by atomic mass is 10.2. The van der Waals surface area contributed by atoms with Crippen molar-refractivity contribution in [3.8, 4) is 11.5 Å². The number of aliphatic imine (C=N–C) groups is 1. The van der Waals surface area contributed by atoms with E-state index in [2.05, 4.69) is 18.8 Å². The number of guanidine groups is 1. The van der Waals surface area contributed by atoms with Crippen molar-refractivity contribution in [2.24, 2.45) is 16.5 Å². The maximum atomic E-state index is 8.74. The van der Waals surface area contributed by atoms with Crippen molar-refractivity contribution in [3.05, 3.63) is 23.8 Å². The summed E-state index contributed by atoms with van der Waals surface area (Å²) in [7, 11) is -4.67. The van der Waals surface area contributed by atoms with Gasteiger partial charge in [-0.3, -0.25) is 9.11 Å². The van der Waals surface area contributed by atoms with Gasteiger partial charge in [0, 0.05) is 0 Å². The van der Waals surface area contributed by atoms with E-state index in [4.69, 9.17) is 38.5 Å². The van der Waals surface area contributed by atoms with Crippen molar-refractivity contribution in [1.82, 2.24) is 0 Å². The minimum absolute atomic E-state index is 0.0855. The van der Waals surface area contributed by atoms with E-state index in [1.54, 1.807) is 0 Å². The summed E-state index contributed by atoms with van der Waals surface area (Å²) in [6.45, 7) is 5.92. The standard InChI is InChI=1S/C14H23N3O2.H2O4S/c1-3-7-18-12-6-5-11(10-17-14(15)16)9-13(12)19-8-4-2;1-5(2,3)4/h5-6,9H,3-4,7-8,10H2,1-2H3,(H4,15,16,17);(H2,1,2,3,4). The molecule has 0 aliphatic carbocycles. The van der Waals surface area contributed by atoms with E-state index in [0.29, 0.717) is 19.8 Å². The normalized spacial score (nSPS) is 10.3. The summed E-state index contributed by atoms with van der Waals surface area (Å²) < 4.78 is 42.9. The molecule has 1 aromatic rings. The molecule has 24 heavy (non-hydrogen) atoms. The van der Waals surface area contributed by atoms with Crippen molar-refractivity contribution in [2.75, 3.05) is 13.2 Å². The van der Waals surface area contributed by atoms with Crippen LogP contribution in [0.3, 0.4) is 0 Å². The molecule has 0 heterocycles. The minimum atomic E-state index is -4.67. The molecule has 0 spiro atoms. The number of nitrogens with two attached hydrogens (primary N) is 2. The highest BCUT2D eigenvalue weighted by atomic mass is 32.3. The topological polar surface area (TPSA) is 157 Å². The highest BCUT2D eigenvalue weighted by Gasteiger charge is 2.06. The molecular weight excluding hydrogens is 338 g/mol. The van der Waals surface area contributed by atoms with Crippen molar-refractivity contribution in [1.29, 1.82) is 0 Å². The van der Waals surface area contributed by atoms with Crippen molar-refractivity contribution in [3.63, 3.8) is 0 Å². The van der Waals surface area contributed by atoms with Crippen LogP contribution in [-0.4, -0.2) is 36.7 Å². The average Bonchev–Trinajstić information content (AvgIpc) is 2.48. The fourth-order valence-corrected chi connectivity index (χ4v) is 1.49. The van der Waals surface area contributed by atoms with Crippen LogP contribution < -0.4 is 20.9 Å². The molecule has 0 amide bonds. The fourth-order valence-electron chi connectivity index (χ4n) is 1.49. The highest BCUT2D eigenvalue weighted by Crippen LogP contribution is 2.29. The second kappa shape index (κ2) is 11.5. The third kappa shape index (κ3) is 12.5. The number of nitrogens with zero attached hydrogens (tertiary/aromatic N) is 1. The van der Waals surface area contributed by atoms with Gasteiger partial charge in [0.25, 0.3) is 0 Å². The van der Waals surface area contributed by atoms with Crippen molar-refractivity contribution >= 4 is 16.4 Å². The van der Waals surface area contributed by atoms with Gasteiger partial charge in [-0.1, -0.05) is 19.9 Å². The van der Waals surface area contributed by atoms with E-state index in [9.17, 15) is 0 Å². The average molecular weight is 363 g/mol. The molecular formula is C14H25N3O6S. The van der Waals surface area contributed by atoms with Gasteiger partial charge in [-0.05, 0) is 30.5 Å². The second-order valence-electron chi connectivity index (χ2n) is 4.67. The molecule has 0 bridgehead atoms. The summed E-state index contributed by atoms with van der Waals surface area (Å²) in [5, 5.41) is 0. The fraction of sp³-hybridized carbons (Fsp3) is 0.500. The molecule has 1 aromatic carbocycles. The maximum absolute atomic E-state index is 8.74. The van der Waals surface area contributed by atoms with Crippen LogP contribution in [0.1, 0.15) is 32.3 Å². The molecule has 0 aliphatic heterocycles. The van der Waals surface area contributed by atoms with E-state index < -0.39 is 10.4 Å². The van der Waals surface area contributed by atoms with Crippen LogP contribution in [0.2, 0.25) is 0 Å². The van der Waals surface area contributed by atoms with Crippen LogP contribution in [0.15, 0.2) is 23.2 Å². The summed E-state index contributed by atoms with van der Waals surface area (Å²) in [5.41, 5.74) is 11.6. The smallest absolute Gasteiger partial charge is 0.394 e. The van der Waals surface area contributed by atoms with Gasteiger partial charge in [-0.15, -0.1) is 0 Å². The predicted octanol–water partition coefficient (Wildman–Crippen LogP) is 1.38. The molecule has 1 rings (SSSR count). The number of rotatable bonds is 8. The molecule has 0 saturated heterocycles. The molecule has 10 heteroatoms. The van der Waals surface area contributed by atoms with Gasteiger partial charge in [0.15, 0.2) is 17.5 Å². The first kappa shape index (κ1) is 22.0. The van der Waals surface area contributed by atoms with Crippen molar-refractivity contribution in [2.45, 2.75) is 33.2 Å². The zero-order chi connectivity index (χ0) is 18.6. The van der Waals surface area contributed by atoms with E-state index in [-0.39, 0.29) is 5.96 Å². The summed E-state index contributed by atoms with van der Waals surface area (Å²) >= 11 is 0. The van der Waals surface area contributed by atoms with Gasteiger partial charge in [0.05, 0.1) is 19.8 Å². The Morgan fingerprint density at radius 1 is 1.08 bits per heavy atom. The second-order valence-corrected chi connectivity index (χ2v) is 5.56. The van der Waals surface area contributed by atoms with Gasteiger partial charge in [-0.25, -0.2) is 4.99 Å². The zero-order valence-corrected chi connectivity index (χ0v) is 14.6. The third-order valence-corrected chi connectivity index (χ3v) is 2.38. The number of ether oxygens (including phenoxy) is 2. The Labute approximate surface area is 142 Å². The summed E-state index contributed by atoms with van der Waals surface area (Å²) in [6.07, 6.45) is 1.91. The van der Waals surface area contributed by atoms with Crippen molar-refractivity contribution < 1.29 is 27.0 Å². The number of benzene rings is 1. The molecule has 0 radical (unpaired) electrons. The van der Waals surface area contributed by atoms with Crippen LogP contribution in [0, 0.1) is 0 Å². The molecule has 138 valence electrons. The Hall–Kier alpha value is -2.04. The first-order valence-corrected chi connectivity index (χ1v) is 8.70. The lowest BCUT2D eigenvalue weighted by molar-refractivity contribution is 0.268. The highest BCUT2D eigenvalue weighted by molar-refractivity contribution is 7.79. The SMILES string of the molecule is CCCOc1ccc(CN=C(N)N)cc1OCCC.O=S(=O)(O)O. The van der Waals surface area contributed by atoms with Gasteiger partial charge >= 0.3 is 10.4 Å². The summed E-state index contributed by atoms with van der Waals surface area (Å²) in [4.78, 5) is 3.98. The zero-order valence-electron chi connectivity index (χ0n) is 13.8. The van der Waals surface area contributed by atoms with Crippen LogP contribution in [-0.2, 0) is 16.9 Å². The molecule has 0 unspecified atom stereocenters. The monoisotopic (exact) mass is 363 g/mol. The van der Waals surface area contributed by atoms with Gasteiger partial charge < -0.3 is 20.9 Å². The van der Waals surface area contributed by atoms with Crippen LogP contribution in [0.4, 0.5) is 0 Å². The van der Waals surface area contributed by atoms with Gasteiger partial charge in [0.2, 0.25) is 0 Å². The molecule has 9 nitrogen and oxygen atoms in total. The van der Waals surface area contributed by atoms with Crippen LogP contribution in [0.25, 0.3) is 0 Å². The Morgan fingerprint density at radius 2 is 1.58 bits per heavy atom. The first-order valence-electron chi connectivity index (χ1n) is 7.31. The van der Waals surface area contributed by atoms with Crippen LogP contribution in [0.5, 0.6) is 11.5 Å². The molecule has 0 aromatic heterocycles. The van der Waals surface area contributed by atoms with E-state index >= 15 is 0 Å². The minimum Gasteiger partial charge on any atom is -0.490 e. The first-order chi connectivity index (χ1) is 11.2. The lowest BCUT2D eigenvalue weighted by Crippen LogP contribution is -2.22. The Kier molecular flexibility index (Phi) is 10.5. The number of hydrogen-bond acceptors (Lipinski definition) is 5. The van der Waals surface area contributed by atoms with Gasteiger partial charge in [0.1, 0.15) is 0 Å². The molecule has 0 saturated carbocycles. The maximum Gasteiger partial charge on any atom is 0.394 e. The van der Waals surface area contributed by atoms with E-state index in [1.165, 1.54) is 0 Å². The lowest BCUT2D eigenvalue weighted by Gasteiger charge is -2.13. The van der Waals surface area contributed by atoms with Crippen LogP contribution >= 0.6 is 0 Å². The summed E-state index contributed by atoms with van der Waals surface area (Å²) in [5.74, 6) is 1.60. The van der Waals surface area contributed by atoms with E-state index in [0.717, 1.165) is 29.9 Å². The molecule has 6 N–H and O–H groups in total.